The molecule has 0 unspecified atom stereocenters. The van der Waals surface area contributed by atoms with Crippen LogP contribution in [0.3, 0.4) is 0 Å². The van der Waals surface area contributed by atoms with Gasteiger partial charge < -0.3 is 24.6 Å². The molecule has 0 saturated carbocycles. The van der Waals surface area contributed by atoms with Gasteiger partial charge in [-0.1, -0.05) is 29.8 Å². The molecule has 0 bridgehead atoms. The van der Waals surface area contributed by atoms with Crippen LogP contribution < -0.4 is 30.9 Å². The van der Waals surface area contributed by atoms with Gasteiger partial charge in [0.25, 0.3) is 5.56 Å². The van der Waals surface area contributed by atoms with E-state index in [4.69, 9.17) is 26.7 Å². The van der Waals surface area contributed by atoms with E-state index in [1.807, 2.05) is 47.9 Å². The van der Waals surface area contributed by atoms with Crippen LogP contribution in [0.4, 0.5) is 11.6 Å². The fourth-order valence-electron chi connectivity index (χ4n) is 4.91. The van der Waals surface area contributed by atoms with Crippen molar-refractivity contribution in [3.8, 4) is 11.5 Å². The van der Waals surface area contributed by atoms with Gasteiger partial charge in [0.05, 0.1) is 26.5 Å². The van der Waals surface area contributed by atoms with Gasteiger partial charge in [0.1, 0.15) is 11.5 Å². The Labute approximate surface area is 237 Å². The molecular weight excluding hydrogens is 530 g/mol. The zero-order valence-corrected chi connectivity index (χ0v) is 24.1. The Kier molecular flexibility index (Phi) is 7.53. The van der Waals surface area contributed by atoms with Crippen LogP contribution in [0.25, 0.3) is 11.2 Å². The van der Waals surface area contributed by atoms with Crippen LogP contribution in [0.5, 0.6) is 11.5 Å². The van der Waals surface area contributed by atoms with E-state index in [0.29, 0.717) is 66.4 Å². The van der Waals surface area contributed by atoms with Crippen LogP contribution in [0.15, 0.2) is 52.1 Å². The van der Waals surface area contributed by atoms with Crippen LogP contribution in [0, 0.1) is 6.92 Å². The summed E-state index contributed by atoms with van der Waals surface area (Å²) in [7, 11) is 6.36. The van der Waals surface area contributed by atoms with Crippen molar-refractivity contribution < 1.29 is 9.47 Å². The van der Waals surface area contributed by atoms with E-state index < -0.39 is 5.69 Å². The number of imidazole rings is 1. The highest BCUT2D eigenvalue weighted by Gasteiger charge is 2.27. The quantitative estimate of drug-likeness (QED) is 0.355. The smallest absolute Gasteiger partial charge is 0.332 e. The number of ether oxygens (including phenoxy) is 2. The van der Waals surface area contributed by atoms with Gasteiger partial charge >= 0.3 is 5.69 Å². The molecule has 11 nitrogen and oxygen atoms in total. The SMILES string of the molecule is COc1ccc(NC(=S)N2CCN(c3nc4c(c(=O)n(C)c(=O)n4C)n3Cc3ccc(C)cc3)CC2)c(OC)c1. The largest absolute Gasteiger partial charge is 0.497 e. The standard InChI is InChI=1S/C28H33N7O4S/c1-18-6-8-19(9-7-18)17-35-23-24(31(2)28(37)32(3)25(23)36)30-26(35)33-12-14-34(15-13-33)27(40)29-21-11-10-20(38-4)16-22(21)39-5/h6-11,16H,12-15,17H2,1-5H3,(H,29,40). The highest BCUT2D eigenvalue weighted by atomic mass is 32.1. The molecule has 0 amide bonds. The number of nitrogens with one attached hydrogen (secondary N) is 1. The van der Waals surface area contributed by atoms with Gasteiger partial charge in [-0.2, -0.15) is 4.98 Å². The summed E-state index contributed by atoms with van der Waals surface area (Å²) >= 11 is 5.72. The normalized spacial score (nSPS) is 13.5. The van der Waals surface area contributed by atoms with Gasteiger partial charge in [-0.15, -0.1) is 0 Å². The van der Waals surface area contributed by atoms with E-state index in [9.17, 15) is 9.59 Å². The molecule has 3 heterocycles. The molecule has 5 rings (SSSR count). The maximum Gasteiger partial charge on any atom is 0.332 e. The summed E-state index contributed by atoms with van der Waals surface area (Å²) in [4.78, 5) is 35.0. The predicted octanol–water partition coefficient (Wildman–Crippen LogP) is 2.33. The van der Waals surface area contributed by atoms with E-state index in [2.05, 4.69) is 15.1 Å². The Morgan fingerprint density at radius 2 is 1.68 bits per heavy atom. The van der Waals surface area contributed by atoms with E-state index in [0.717, 1.165) is 21.4 Å². The first kappa shape index (κ1) is 27.3. The molecule has 1 N–H and O–H groups in total. The Balaban J connectivity index is 1.42. The van der Waals surface area contributed by atoms with Gasteiger partial charge in [0.2, 0.25) is 5.95 Å². The van der Waals surface area contributed by atoms with E-state index >= 15 is 0 Å². The van der Waals surface area contributed by atoms with Gasteiger partial charge in [-0.3, -0.25) is 18.5 Å². The van der Waals surface area contributed by atoms with Gasteiger partial charge in [0, 0.05) is 46.3 Å². The Bertz CT molecular complexity index is 1680. The third-order valence-corrected chi connectivity index (χ3v) is 7.65. The lowest BCUT2D eigenvalue weighted by Gasteiger charge is -2.37. The number of anilines is 2. The van der Waals surface area contributed by atoms with Crippen LogP contribution >= 0.6 is 12.2 Å². The summed E-state index contributed by atoms with van der Waals surface area (Å²) in [5.74, 6) is 1.99. The third kappa shape index (κ3) is 5.02. The first-order chi connectivity index (χ1) is 19.2. The minimum atomic E-state index is -0.403. The lowest BCUT2D eigenvalue weighted by atomic mass is 10.1. The van der Waals surface area contributed by atoms with Crippen molar-refractivity contribution in [3.63, 3.8) is 0 Å². The van der Waals surface area contributed by atoms with Crippen LogP contribution in [-0.4, -0.2) is 69.1 Å². The molecule has 40 heavy (non-hydrogen) atoms. The maximum atomic E-state index is 13.3. The lowest BCUT2D eigenvalue weighted by Crippen LogP contribution is -2.50. The lowest BCUT2D eigenvalue weighted by molar-refractivity contribution is 0.385. The molecule has 2 aromatic carbocycles. The van der Waals surface area contributed by atoms with Gasteiger partial charge in [0.15, 0.2) is 16.3 Å². The molecule has 210 valence electrons. The molecule has 4 aromatic rings. The van der Waals surface area contributed by atoms with Gasteiger partial charge in [-0.25, -0.2) is 4.79 Å². The monoisotopic (exact) mass is 563 g/mol. The van der Waals surface area contributed by atoms with Crippen molar-refractivity contribution in [3.05, 3.63) is 74.4 Å². The second-order valence-electron chi connectivity index (χ2n) is 9.83. The first-order valence-electron chi connectivity index (χ1n) is 13.0. The number of hydrogen-bond donors (Lipinski definition) is 1. The second-order valence-corrected chi connectivity index (χ2v) is 10.2. The number of fused-ring (bicyclic) bond motifs is 1. The molecule has 1 aliphatic heterocycles. The molecule has 0 radical (unpaired) electrons. The molecular formula is C28H33N7O4S. The fourth-order valence-corrected chi connectivity index (χ4v) is 5.20. The average Bonchev–Trinajstić information content (AvgIpc) is 3.35. The molecule has 12 heteroatoms. The molecule has 0 spiro atoms. The molecule has 1 aliphatic rings. The molecule has 1 fully saturated rings. The zero-order valence-electron chi connectivity index (χ0n) is 23.3. The average molecular weight is 564 g/mol. The Morgan fingerprint density at radius 3 is 2.33 bits per heavy atom. The van der Waals surface area contributed by atoms with Crippen LogP contribution in [0.2, 0.25) is 0 Å². The molecule has 1 saturated heterocycles. The number of benzene rings is 2. The summed E-state index contributed by atoms with van der Waals surface area (Å²) in [6, 6.07) is 13.7. The fraction of sp³-hybridized carbons (Fsp3) is 0.357. The van der Waals surface area contributed by atoms with E-state index in [-0.39, 0.29) is 5.56 Å². The number of aromatic nitrogens is 4. The first-order valence-corrected chi connectivity index (χ1v) is 13.4. The topological polar surface area (TPSA) is 98.8 Å². The summed E-state index contributed by atoms with van der Waals surface area (Å²) < 4.78 is 15.3. The molecule has 2 aromatic heterocycles. The number of nitrogens with zero attached hydrogens (tertiary/aromatic N) is 6. The Morgan fingerprint density at radius 1 is 0.975 bits per heavy atom. The second kappa shape index (κ2) is 11.0. The zero-order chi connectivity index (χ0) is 28.6. The summed E-state index contributed by atoms with van der Waals surface area (Å²) in [5, 5.41) is 3.88. The van der Waals surface area contributed by atoms with Crippen molar-refractivity contribution >= 4 is 40.1 Å². The van der Waals surface area contributed by atoms with Crippen molar-refractivity contribution in [1.29, 1.82) is 0 Å². The van der Waals surface area contributed by atoms with E-state index in [1.165, 1.54) is 11.6 Å². The van der Waals surface area contributed by atoms with Crippen molar-refractivity contribution in [2.24, 2.45) is 14.1 Å². The summed E-state index contributed by atoms with van der Waals surface area (Å²) in [6.45, 7) is 5.05. The summed E-state index contributed by atoms with van der Waals surface area (Å²) in [5.41, 5.74) is 2.98. The van der Waals surface area contributed by atoms with Crippen molar-refractivity contribution in [2.45, 2.75) is 13.5 Å². The number of thiocarbonyl (C=S) groups is 1. The van der Waals surface area contributed by atoms with Crippen LogP contribution in [0.1, 0.15) is 11.1 Å². The third-order valence-electron chi connectivity index (χ3n) is 7.29. The number of rotatable bonds is 6. The van der Waals surface area contributed by atoms with Crippen molar-refractivity contribution in [1.82, 2.24) is 23.6 Å². The number of hydrogen-bond acceptors (Lipinski definition) is 7. The highest BCUT2D eigenvalue weighted by molar-refractivity contribution is 7.80. The highest BCUT2D eigenvalue weighted by Crippen LogP contribution is 2.29. The maximum absolute atomic E-state index is 13.3. The minimum absolute atomic E-state index is 0.360. The number of methoxy groups -OCH3 is 2. The molecule has 0 aliphatic carbocycles. The van der Waals surface area contributed by atoms with Crippen LogP contribution in [-0.2, 0) is 20.6 Å². The molecule has 0 atom stereocenters. The van der Waals surface area contributed by atoms with Gasteiger partial charge in [-0.05, 0) is 36.8 Å². The summed E-state index contributed by atoms with van der Waals surface area (Å²) in [6.07, 6.45) is 0. The van der Waals surface area contributed by atoms with Crippen molar-refractivity contribution in [2.75, 3.05) is 50.6 Å². The number of piperazine rings is 1. The predicted molar refractivity (Wildman–Crippen MR) is 160 cm³/mol. The minimum Gasteiger partial charge on any atom is -0.497 e. The number of aryl methyl sites for hydroxylation is 2. The van der Waals surface area contributed by atoms with E-state index in [1.54, 1.807) is 27.3 Å². The Hall–Kier alpha value is -4.32.